The second kappa shape index (κ2) is 4.24. The Labute approximate surface area is 77.2 Å². The van der Waals surface area contributed by atoms with E-state index in [1.165, 1.54) is 4.88 Å². The van der Waals surface area contributed by atoms with E-state index in [0.717, 1.165) is 6.54 Å². The van der Waals surface area contributed by atoms with Crippen LogP contribution in [-0.4, -0.2) is 23.0 Å². The summed E-state index contributed by atoms with van der Waals surface area (Å²) in [5.41, 5.74) is 1.84. The van der Waals surface area contributed by atoms with E-state index in [4.69, 9.17) is 6.42 Å². The first-order valence-corrected chi connectivity index (χ1v) is 4.65. The topological polar surface area (TPSA) is 16.1 Å². The lowest BCUT2D eigenvalue weighted by molar-refractivity contribution is 0.299. The Morgan fingerprint density at radius 3 is 3.08 bits per heavy atom. The van der Waals surface area contributed by atoms with Crippen LogP contribution in [-0.2, 0) is 6.54 Å². The van der Waals surface area contributed by atoms with Gasteiger partial charge < -0.3 is 0 Å². The highest BCUT2D eigenvalue weighted by molar-refractivity contribution is 7.09. The highest BCUT2D eigenvalue weighted by Gasteiger charge is 2.06. The molecule has 64 valence electrons. The molecule has 0 aliphatic carbocycles. The number of thiazole rings is 1. The van der Waals surface area contributed by atoms with E-state index in [1.807, 2.05) is 25.7 Å². The normalized spacial score (nSPS) is 12.8. The summed E-state index contributed by atoms with van der Waals surface area (Å²) < 4.78 is 0. The summed E-state index contributed by atoms with van der Waals surface area (Å²) in [5, 5.41) is 0. The number of rotatable bonds is 3. The van der Waals surface area contributed by atoms with Crippen molar-refractivity contribution in [1.29, 1.82) is 0 Å². The summed E-state index contributed by atoms with van der Waals surface area (Å²) in [7, 11) is 2.02. The van der Waals surface area contributed by atoms with Crippen molar-refractivity contribution in [3.8, 4) is 12.3 Å². The quantitative estimate of drug-likeness (QED) is 0.657. The second-order valence-electron chi connectivity index (χ2n) is 2.73. The van der Waals surface area contributed by atoms with Crippen molar-refractivity contribution in [3.63, 3.8) is 0 Å². The first-order chi connectivity index (χ1) is 5.74. The van der Waals surface area contributed by atoms with Crippen LogP contribution in [0.2, 0.25) is 0 Å². The molecule has 1 aromatic rings. The van der Waals surface area contributed by atoms with Crippen molar-refractivity contribution in [3.05, 3.63) is 16.6 Å². The minimum absolute atomic E-state index is 0.187. The smallest absolute Gasteiger partial charge is 0.0794 e. The number of hydrogen-bond donors (Lipinski definition) is 0. The third kappa shape index (κ3) is 2.33. The van der Waals surface area contributed by atoms with E-state index < -0.39 is 0 Å². The SMILES string of the molecule is C#CC(C)N(C)Cc1cncs1. The molecule has 0 saturated heterocycles. The van der Waals surface area contributed by atoms with Gasteiger partial charge in [-0.05, 0) is 14.0 Å². The summed E-state index contributed by atoms with van der Waals surface area (Å²) in [6.45, 7) is 2.90. The van der Waals surface area contributed by atoms with Gasteiger partial charge in [0, 0.05) is 17.6 Å². The fourth-order valence-electron chi connectivity index (χ4n) is 0.830. The van der Waals surface area contributed by atoms with Crippen molar-refractivity contribution in [2.24, 2.45) is 0 Å². The predicted octanol–water partition coefficient (Wildman–Crippen LogP) is 1.60. The molecular formula is C9H12N2S. The van der Waals surface area contributed by atoms with E-state index in [9.17, 15) is 0 Å². The highest BCUT2D eigenvalue weighted by atomic mass is 32.1. The van der Waals surface area contributed by atoms with Gasteiger partial charge in [0.05, 0.1) is 11.6 Å². The van der Waals surface area contributed by atoms with E-state index >= 15 is 0 Å². The number of terminal acetylenes is 1. The first-order valence-electron chi connectivity index (χ1n) is 3.77. The largest absolute Gasteiger partial charge is 0.288 e. The lowest BCUT2D eigenvalue weighted by atomic mass is 10.3. The Hall–Kier alpha value is -0.850. The molecule has 0 aromatic carbocycles. The van der Waals surface area contributed by atoms with E-state index in [2.05, 4.69) is 15.8 Å². The fraction of sp³-hybridized carbons (Fsp3) is 0.444. The van der Waals surface area contributed by atoms with Crippen LogP contribution in [0.3, 0.4) is 0 Å². The zero-order chi connectivity index (χ0) is 8.97. The van der Waals surface area contributed by atoms with Gasteiger partial charge in [-0.3, -0.25) is 9.88 Å². The van der Waals surface area contributed by atoms with Gasteiger partial charge >= 0.3 is 0 Å². The fourth-order valence-corrected chi connectivity index (χ4v) is 1.49. The lowest BCUT2D eigenvalue weighted by Gasteiger charge is -2.18. The molecule has 1 heterocycles. The van der Waals surface area contributed by atoms with Gasteiger partial charge in [-0.1, -0.05) is 5.92 Å². The van der Waals surface area contributed by atoms with Crippen LogP contribution in [0.25, 0.3) is 0 Å². The van der Waals surface area contributed by atoms with Gasteiger partial charge in [-0.2, -0.15) is 0 Å². The molecule has 0 fully saturated rings. The molecule has 0 amide bonds. The molecule has 1 atom stereocenters. The van der Waals surface area contributed by atoms with Gasteiger partial charge in [0.15, 0.2) is 0 Å². The van der Waals surface area contributed by atoms with Gasteiger partial charge in [0.1, 0.15) is 0 Å². The monoisotopic (exact) mass is 180 g/mol. The first kappa shape index (κ1) is 9.24. The maximum atomic E-state index is 5.30. The molecule has 2 nitrogen and oxygen atoms in total. The van der Waals surface area contributed by atoms with E-state index in [1.54, 1.807) is 11.3 Å². The molecule has 1 rings (SSSR count). The Kier molecular flexibility index (Phi) is 3.27. The van der Waals surface area contributed by atoms with Crippen molar-refractivity contribution < 1.29 is 0 Å². The second-order valence-corrected chi connectivity index (χ2v) is 3.70. The molecule has 0 aliphatic rings. The van der Waals surface area contributed by atoms with Crippen LogP contribution in [0.15, 0.2) is 11.7 Å². The van der Waals surface area contributed by atoms with Crippen LogP contribution in [0.5, 0.6) is 0 Å². The van der Waals surface area contributed by atoms with E-state index in [-0.39, 0.29) is 6.04 Å². The van der Waals surface area contributed by atoms with Crippen LogP contribution >= 0.6 is 11.3 Å². The Bertz CT molecular complexity index is 261. The van der Waals surface area contributed by atoms with Crippen molar-refractivity contribution >= 4 is 11.3 Å². The van der Waals surface area contributed by atoms with Gasteiger partial charge in [0.2, 0.25) is 0 Å². The molecule has 0 bridgehead atoms. The molecule has 0 aliphatic heterocycles. The standard InChI is InChI=1S/C9H12N2S/c1-4-8(2)11(3)6-9-5-10-7-12-9/h1,5,7-8H,6H2,2-3H3. The number of nitrogens with zero attached hydrogens (tertiary/aromatic N) is 2. The molecule has 0 spiro atoms. The van der Waals surface area contributed by atoms with Crippen molar-refractivity contribution in [2.45, 2.75) is 19.5 Å². The van der Waals surface area contributed by atoms with Gasteiger partial charge in [-0.15, -0.1) is 17.8 Å². The van der Waals surface area contributed by atoms with Crippen LogP contribution < -0.4 is 0 Å². The minimum atomic E-state index is 0.187. The molecular weight excluding hydrogens is 168 g/mol. The molecule has 0 N–H and O–H groups in total. The summed E-state index contributed by atoms with van der Waals surface area (Å²) in [4.78, 5) is 7.37. The summed E-state index contributed by atoms with van der Waals surface area (Å²) >= 11 is 1.66. The minimum Gasteiger partial charge on any atom is -0.288 e. The van der Waals surface area contributed by atoms with Crippen LogP contribution in [0.4, 0.5) is 0 Å². The molecule has 1 unspecified atom stereocenters. The molecule has 0 radical (unpaired) electrons. The predicted molar refractivity (Wildman–Crippen MR) is 51.9 cm³/mol. The summed E-state index contributed by atoms with van der Waals surface area (Å²) in [5.74, 6) is 2.69. The van der Waals surface area contributed by atoms with Crippen molar-refractivity contribution in [2.75, 3.05) is 7.05 Å². The van der Waals surface area contributed by atoms with Crippen LogP contribution in [0, 0.1) is 12.3 Å². The maximum Gasteiger partial charge on any atom is 0.0794 e. The maximum absolute atomic E-state index is 5.30. The third-order valence-electron chi connectivity index (χ3n) is 1.79. The Balaban J connectivity index is 2.48. The number of hydrogen-bond acceptors (Lipinski definition) is 3. The lowest BCUT2D eigenvalue weighted by Crippen LogP contribution is -2.26. The van der Waals surface area contributed by atoms with E-state index in [0.29, 0.717) is 0 Å². The average Bonchev–Trinajstić information content (AvgIpc) is 2.55. The molecule has 1 aromatic heterocycles. The average molecular weight is 180 g/mol. The van der Waals surface area contributed by atoms with Gasteiger partial charge in [-0.25, -0.2) is 0 Å². The zero-order valence-corrected chi connectivity index (χ0v) is 8.14. The zero-order valence-electron chi connectivity index (χ0n) is 7.32. The third-order valence-corrected chi connectivity index (χ3v) is 2.56. The highest BCUT2D eigenvalue weighted by Crippen LogP contribution is 2.09. The van der Waals surface area contributed by atoms with Crippen LogP contribution in [0.1, 0.15) is 11.8 Å². The molecule has 12 heavy (non-hydrogen) atoms. The van der Waals surface area contributed by atoms with Gasteiger partial charge in [0.25, 0.3) is 0 Å². The summed E-state index contributed by atoms with van der Waals surface area (Å²) in [6, 6.07) is 0.187. The number of aromatic nitrogens is 1. The van der Waals surface area contributed by atoms with Crippen molar-refractivity contribution in [1.82, 2.24) is 9.88 Å². The summed E-state index contributed by atoms with van der Waals surface area (Å²) in [6.07, 6.45) is 7.18. The molecule has 3 heteroatoms. The molecule has 0 saturated carbocycles. The Morgan fingerprint density at radius 2 is 2.58 bits per heavy atom. The Morgan fingerprint density at radius 1 is 1.83 bits per heavy atom.